The molecule has 0 radical (unpaired) electrons. The quantitative estimate of drug-likeness (QED) is 0.0963. The first-order valence-electron chi connectivity index (χ1n) is 16.2. The molecule has 0 aliphatic carbocycles. The predicted octanol–water partition coefficient (Wildman–Crippen LogP) is 10.2. The van der Waals surface area contributed by atoms with Gasteiger partial charge in [-0.2, -0.15) is 0 Å². The van der Waals surface area contributed by atoms with Gasteiger partial charge in [-0.25, -0.2) is 15.0 Å². The van der Waals surface area contributed by atoms with Gasteiger partial charge in [0.15, 0.2) is 0 Å². The smallest absolute Gasteiger partial charge is 0.138 e. The summed E-state index contributed by atoms with van der Waals surface area (Å²) in [5, 5.41) is 13.6. The zero-order chi connectivity index (χ0) is 33.6. The highest BCUT2D eigenvalue weighted by Gasteiger charge is 2.17. The monoisotopic (exact) mass is 757 g/mol. The minimum atomic E-state index is 0.344. The van der Waals surface area contributed by atoms with Crippen LogP contribution in [0.3, 0.4) is 0 Å². The molecule has 0 saturated carbocycles. The SMILES string of the molecule is N=C(/C=C\NI)c1cc(-c2cccc(-n3c4ccccc4c4ccccc43)n2)nc(-c2cccc(-n3c4ccccc4c4ccccc43)n2)c1. The topological polar surface area (TPSA) is 84.4 Å². The highest BCUT2D eigenvalue weighted by atomic mass is 127. The van der Waals surface area contributed by atoms with Crippen LogP contribution in [-0.4, -0.2) is 29.8 Å². The second kappa shape index (κ2) is 12.4. The number of pyridine rings is 3. The van der Waals surface area contributed by atoms with E-state index in [0.717, 1.165) is 33.7 Å². The molecule has 5 aromatic heterocycles. The second-order valence-electron chi connectivity index (χ2n) is 12.0. The molecule has 0 bridgehead atoms. The van der Waals surface area contributed by atoms with Crippen LogP contribution in [0.5, 0.6) is 0 Å². The summed E-state index contributed by atoms with van der Waals surface area (Å²) in [6, 6.07) is 49.5. The molecular weight excluding hydrogens is 729 g/mol. The highest BCUT2D eigenvalue weighted by molar-refractivity contribution is 14.1. The Balaban J connectivity index is 1.21. The lowest BCUT2D eigenvalue weighted by Crippen LogP contribution is -2.04. The van der Waals surface area contributed by atoms with Crippen LogP contribution >= 0.6 is 22.9 Å². The maximum atomic E-state index is 8.92. The number of benzene rings is 4. The largest absolute Gasteiger partial charge is 0.335 e. The van der Waals surface area contributed by atoms with Crippen LogP contribution in [0, 0.1) is 5.41 Å². The Hall–Kier alpha value is -6.13. The molecule has 0 spiro atoms. The second-order valence-corrected chi connectivity index (χ2v) is 12.6. The lowest BCUT2D eigenvalue weighted by atomic mass is 10.1. The van der Waals surface area contributed by atoms with E-state index in [1.54, 1.807) is 12.3 Å². The molecule has 7 nitrogen and oxygen atoms in total. The molecule has 2 N–H and O–H groups in total. The number of fused-ring (bicyclic) bond motifs is 6. The van der Waals surface area contributed by atoms with Crippen molar-refractivity contribution in [2.45, 2.75) is 0 Å². The lowest BCUT2D eigenvalue weighted by Gasteiger charge is -2.12. The maximum absolute atomic E-state index is 8.92. The van der Waals surface area contributed by atoms with E-state index in [4.69, 9.17) is 20.4 Å². The fraction of sp³-hybridized carbons (Fsp3) is 0. The molecule has 4 aromatic carbocycles. The lowest BCUT2D eigenvalue weighted by molar-refractivity contribution is 1.07. The molecule has 0 amide bonds. The fourth-order valence-corrected chi connectivity index (χ4v) is 7.06. The van der Waals surface area contributed by atoms with E-state index in [9.17, 15) is 0 Å². The summed E-state index contributed by atoms with van der Waals surface area (Å²) < 4.78 is 7.37. The van der Waals surface area contributed by atoms with Crippen LogP contribution in [0.25, 0.3) is 78.0 Å². The van der Waals surface area contributed by atoms with Crippen molar-refractivity contribution >= 4 is 72.2 Å². The number of nitrogens with one attached hydrogen (secondary N) is 2. The van der Waals surface area contributed by atoms with Crippen molar-refractivity contribution in [1.82, 2.24) is 27.6 Å². The molecule has 238 valence electrons. The number of rotatable bonds is 7. The number of hydrogen-bond acceptors (Lipinski definition) is 5. The first kappa shape index (κ1) is 30.0. The minimum absolute atomic E-state index is 0.344. The van der Waals surface area contributed by atoms with Gasteiger partial charge in [-0.3, -0.25) is 9.13 Å². The van der Waals surface area contributed by atoms with Crippen LogP contribution < -0.4 is 3.53 Å². The van der Waals surface area contributed by atoms with E-state index >= 15 is 0 Å². The van der Waals surface area contributed by atoms with Crippen molar-refractivity contribution in [3.63, 3.8) is 0 Å². The molecule has 0 fully saturated rings. The van der Waals surface area contributed by atoms with Gasteiger partial charge in [0.1, 0.15) is 11.6 Å². The fourth-order valence-electron chi connectivity index (χ4n) is 6.88. The minimum Gasteiger partial charge on any atom is -0.335 e. The highest BCUT2D eigenvalue weighted by Crippen LogP contribution is 2.34. The van der Waals surface area contributed by atoms with Crippen molar-refractivity contribution in [3.8, 4) is 34.4 Å². The number of para-hydroxylation sites is 4. The van der Waals surface area contributed by atoms with E-state index in [1.165, 1.54) is 21.5 Å². The zero-order valence-corrected chi connectivity index (χ0v) is 28.8. The molecule has 0 unspecified atom stereocenters. The van der Waals surface area contributed by atoms with E-state index in [2.05, 4.69) is 110 Å². The van der Waals surface area contributed by atoms with Crippen molar-refractivity contribution in [1.29, 1.82) is 5.41 Å². The Morgan fingerprint density at radius 2 is 0.900 bits per heavy atom. The van der Waals surface area contributed by atoms with Gasteiger partial charge in [0.05, 0.1) is 73.4 Å². The van der Waals surface area contributed by atoms with Crippen molar-refractivity contribution in [2.24, 2.45) is 0 Å². The molecular formula is C42H28IN7. The molecule has 9 aromatic rings. The molecule has 9 rings (SSSR count). The molecule has 0 aliphatic rings. The molecule has 0 saturated heterocycles. The third kappa shape index (κ3) is 5.03. The van der Waals surface area contributed by atoms with Gasteiger partial charge < -0.3 is 8.94 Å². The van der Waals surface area contributed by atoms with E-state index in [0.29, 0.717) is 34.1 Å². The van der Waals surface area contributed by atoms with Crippen LogP contribution in [0.4, 0.5) is 0 Å². The Morgan fingerprint density at radius 3 is 1.30 bits per heavy atom. The maximum Gasteiger partial charge on any atom is 0.138 e. The van der Waals surface area contributed by atoms with Gasteiger partial charge >= 0.3 is 0 Å². The molecule has 0 aliphatic heterocycles. The third-order valence-electron chi connectivity index (χ3n) is 9.06. The standard InChI is InChI=1S/C42H28IN7/c43-45-24-23-32(44)27-25-35(33-15-9-21-41(47-33)49-37-17-5-1-11-28(37)29-12-2-6-18-38(29)49)46-36(26-27)34-16-10-22-42(48-34)50-39-19-7-3-13-30(39)31-14-4-8-20-40(31)50/h1-26,44-45H/b24-23-,44-32?. The summed E-state index contributed by atoms with van der Waals surface area (Å²) in [6.45, 7) is 0. The zero-order valence-electron chi connectivity index (χ0n) is 26.6. The summed E-state index contributed by atoms with van der Waals surface area (Å²) in [5.74, 6) is 1.59. The Bertz CT molecular complexity index is 2510. The van der Waals surface area contributed by atoms with Crippen molar-refractivity contribution in [3.05, 3.63) is 163 Å². The average Bonchev–Trinajstić information content (AvgIpc) is 3.70. The summed E-state index contributed by atoms with van der Waals surface area (Å²) in [6.07, 6.45) is 3.48. The molecule has 5 heterocycles. The Morgan fingerprint density at radius 1 is 0.500 bits per heavy atom. The van der Waals surface area contributed by atoms with Gasteiger partial charge in [-0.15, -0.1) is 0 Å². The Labute approximate surface area is 301 Å². The first-order valence-corrected chi connectivity index (χ1v) is 17.3. The van der Waals surface area contributed by atoms with E-state index in [1.807, 2.05) is 71.4 Å². The number of allylic oxidation sites excluding steroid dienone is 1. The van der Waals surface area contributed by atoms with Gasteiger partial charge in [0, 0.05) is 33.3 Å². The summed E-state index contributed by atoms with van der Waals surface area (Å²) >= 11 is 2.04. The average molecular weight is 758 g/mol. The summed E-state index contributed by atoms with van der Waals surface area (Å²) in [5.41, 5.74) is 8.13. The summed E-state index contributed by atoms with van der Waals surface area (Å²) in [7, 11) is 0. The molecule has 8 heteroatoms. The Kier molecular flexibility index (Phi) is 7.43. The van der Waals surface area contributed by atoms with Crippen LogP contribution in [0.2, 0.25) is 0 Å². The number of aromatic nitrogens is 5. The number of halogens is 1. The number of hydrogen-bond donors (Lipinski definition) is 2. The van der Waals surface area contributed by atoms with Gasteiger partial charge in [-0.1, -0.05) is 84.9 Å². The number of nitrogens with zero attached hydrogens (tertiary/aromatic N) is 5. The van der Waals surface area contributed by atoms with Crippen molar-refractivity contribution < 1.29 is 0 Å². The molecule has 50 heavy (non-hydrogen) atoms. The van der Waals surface area contributed by atoms with Crippen LogP contribution in [-0.2, 0) is 0 Å². The first-order chi connectivity index (χ1) is 24.7. The third-order valence-corrected chi connectivity index (χ3v) is 9.42. The van der Waals surface area contributed by atoms with Gasteiger partial charge in [-0.05, 0) is 66.7 Å². The predicted molar refractivity (Wildman–Crippen MR) is 213 cm³/mol. The molecule has 0 atom stereocenters. The van der Waals surface area contributed by atoms with Crippen LogP contribution in [0.1, 0.15) is 5.56 Å². The van der Waals surface area contributed by atoms with E-state index in [-0.39, 0.29) is 0 Å². The normalized spacial score (nSPS) is 11.7. The van der Waals surface area contributed by atoms with Gasteiger partial charge in [0.2, 0.25) is 0 Å². The van der Waals surface area contributed by atoms with Crippen LogP contribution in [0.15, 0.2) is 158 Å². The van der Waals surface area contributed by atoms with E-state index < -0.39 is 0 Å². The van der Waals surface area contributed by atoms with Crippen molar-refractivity contribution in [2.75, 3.05) is 0 Å². The van der Waals surface area contributed by atoms with Gasteiger partial charge in [0.25, 0.3) is 0 Å². The summed E-state index contributed by atoms with van der Waals surface area (Å²) in [4.78, 5) is 15.5.